The lowest BCUT2D eigenvalue weighted by Crippen LogP contribution is -2.50. The molecule has 2 fully saturated rings. The lowest BCUT2D eigenvalue weighted by Gasteiger charge is -2.34. The van der Waals surface area contributed by atoms with E-state index in [9.17, 15) is 9.59 Å². The maximum Gasteiger partial charge on any atom is 0.238 e. The van der Waals surface area contributed by atoms with E-state index in [0.717, 1.165) is 50.5 Å². The van der Waals surface area contributed by atoms with Gasteiger partial charge in [0.1, 0.15) is 5.75 Å². The van der Waals surface area contributed by atoms with Gasteiger partial charge in [-0.05, 0) is 44.0 Å². The van der Waals surface area contributed by atoms with Crippen molar-refractivity contribution in [3.05, 3.63) is 24.3 Å². The van der Waals surface area contributed by atoms with Crippen LogP contribution in [0.15, 0.2) is 24.3 Å². The summed E-state index contributed by atoms with van der Waals surface area (Å²) in [5.74, 6) is 1.35. The number of rotatable bonds is 6. The summed E-state index contributed by atoms with van der Waals surface area (Å²) in [7, 11) is 0. The number of amides is 2. The minimum Gasteiger partial charge on any atom is -0.494 e. The van der Waals surface area contributed by atoms with Gasteiger partial charge in [-0.2, -0.15) is 0 Å². The van der Waals surface area contributed by atoms with Gasteiger partial charge in [0, 0.05) is 37.8 Å². The molecule has 0 spiro atoms. The Bertz CT molecular complexity index is 576. The van der Waals surface area contributed by atoms with Crippen molar-refractivity contribution in [1.29, 1.82) is 0 Å². The fourth-order valence-electron chi connectivity index (χ4n) is 2.92. The Labute approximate surface area is 142 Å². The summed E-state index contributed by atoms with van der Waals surface area (Å²) < 4.78 is 5.38. The van der Waals surface area contributed by atoms with Crippen molar-refractivity contribution < 1.29 is 14.3 Å². The Kier molecular flexibility index (Phi) is 5.35. The van der Waals surface area contributed by atoms with E-state index in [1.165, 1.54) is 0 Å². The van der Waals surface area contributed by atoms with Crippen LogP contribution < -0.4 is 10.1 Å². The van der Waals surface area contributed by atoms with Crippen LogP contribution in [0, 0.1) is 5.92 Å². The first-order chi connectivity index (χ1) is 11.7. The van der Waals surface area contributed by atoms with Gasteiger partial charge in [-0.25, -0.2) is 0 Å². The highest BCUT2D eigenvalue weighted by Crippen LogP contribution is 2.31. The van der Waals surface area contributed by atoms with Crippen LogP contribution in [0.1, 0.15) is 19.8 Å². The molecule has 24 heavy (non-hydrogen) atoms. The molecule has 6 nitrogen and oxygen atoms in total. The van der Waals surface area contributed by atoms with Crippen LogP contribution in [0.2, 0.25) is 0 Å². The lowest BCUT2D eigenvalue weighted by atomic mass is 10.2. The smallest absolute Gasteiger partial charge is 0.238 e. The Balaban J connectivity index is 1.41. The maximum absolute atomic E-state index is 12.2. The number of benzene rings is 1. The lowest BCUT2D eigenvalue weighted by molar-refractivity contribution is -0.134. The quantitative estimate of drug-likeness (QED) is 0.860. The molecule has 0 unspecified atom stereocenters. The Morgan fingerprint density at radius 3 is 2.38 bits per heavy atom. The van der Waals surface area contributed by atoms with Crippen LogP contribution in [-0.2, 0) is 9.59 Å². The van der Waals surface area contributed by atoms with Crippen molar-refractivity contribution in [3.8, 4) is 5.75 Å². The van der Waals surface area contributed by atoms with E-state index in [1.807, 2.05) is 36.1 Å². The molecule has 1 aromatic carbocycles. The molecule has 1 saturated heterocycles. The number of piperazine rings is 1. The van der Waals surface area contributed by atoms with Gasteiger partial charge in [0.25, 0.3) is 0 Å². The van der Waals surface area contributed by atoms with Gasteiger partial charge in [-0.15, -0.1) is 0 Å². The number of nitrogens with one attached hydrogen (secondary N) is 1. The Morgan fingerprint density at radius 1 is 1.12 bits per heavy atom. The minimum atomic E-state index is -0.0267. The predicted molar refractivity (Wildman–Crippen MR) is 92.0 cm³/mol. The van der Waals surface area contributed by atoms with Crippen molar-refractivity contribution in [2.45, 2.75) is 19.8 Å². The summed E-state index contributed by atoms with van der Waals surface area (Å²) in [6.07, 6.45) is 2.09. The molecule has 130 valence electrons. The van der Waals surface area contributed by atoms with Gasteiger partial charge in [-0.3, -0.25) is 14.5 Å². The third-order valence-electron chi connectivity index (χ3n) is 4.43. The number of anilines is 1. The SMILES string of the molecule is CCOc1ccc(NC(=O)CN2CCN(C(=O)C3CC3)CC2)cc1. The fourth-order valence-corrected chi connectivity index (χ4v) is 2.92. The zero-order chi connectivity index (χ0) is 16.9. The van der Waals surface area contributed by atoms with Crippen molar-refractivity contribution in [2.24, 2.45) is 5.92 Å². The molecule has 0 bridgehead atoms. The Morgan fingerprint density at radius 2 is 1.79 bits per heavy atom. The summed E-state index contributed by atoms with van der Waals surface area (Å²) in [5.41, 5.74) is 0.769. The average molecular weight is 331 g/mol. The van der Waals surface area contributed by atoms with Crippen LogP contribution in [0.25, 0.3) is 0 Å². The van der Waals surface area contributed by atoms with E-state index in [4.69, 9.17) is 4.74 Å². The highest BCUT2D eigenvalue weighted by atomic mass is 16.5. The monoisotopic (exact) mass is 331 g/mol. The van der Waals surface area contributed by atoms with Gasteiger partial charge in [0.15, 0.2) is 0 Å². The van der Waals surface area contributed by atoms with Crippen LogP contribution in [0.5, 0.6) is 5.75 Å². The van der Waals surface area contributed by atoms with Crippen molar-refractivity contribution in [2.75, 3.05) is 44.6 Å². The highest BCUT2D eigenvalue weighted by molar-refractivity contribution is 5.92. The van der Waals surface area contributed by atoms with E-state index < -0.39 is 0 Å². The third-order valence-corrected chi connectivity index (χ3v) is 4.43. The summed E-state index contributed by atoms with van der Waals surface area (Å²) >= 11 is 0. The van der Waals surface area contributed by atoms with Gasteiger partial charge in [-0.1, -0.05) is 0 Å². The number of carbonyl (C=O) groups excluding carboxylic acids is 2. The molecule has 6 heteroatoms. The van der Waals surface area contributed by atoms with Crippen LogP contribution >= 0.6 is 0 Å². The van der Waals surface area contributed by atoms with E-state index in [-0.39, 0.29) is 11.8 Å². The van der Waals surface area contributed by atoms with Gasteiger partial charge in [0.05, 0.1) is 13.2 Å². The zero-order valence-corrected chi connectivity index (χ0v) is 14.2. The molecule has 1 aliphatic heterocycles. The molecule has 1 aliphatic carbocycles. The van der Waals surface area contributed by atoms with Gasteiger partial charge >= 0.3 is 0 Å². The molecule has 0 aromatic heterocycles. The second-order valence-electron chi connectivity index (χ2n) is 6.38. The topological polar surface area (TPSA) is 61.9 Å². The number of carbonyl (C=O) groups is 2. The molecule has 1 N–H and O–H groups in total. The number of hydrogen-bond donors (Lipinski definition) is 1. The van der Waals surface area contributed by atoms with Crippen LogP contribution in [0.4, 0.5) is 5.69 Å². The van der Waals surface area contributed by atoms with Crippen LogP contribution in [0.3, 0.4) is 0 Å². The molecule has 0 radical (unpaired) electrons. The molecule has 3 rings (SSSR count). The van der Waals surface area contributed by atoms with E-state index in [1.54, 1.807) is 0 Å². The molecule has 1 aromatic rings. The molecule has 0 atom stereocenters. The highest BCUT2D eigenvalue weighted by Gasteiger charge is 2.34. The number of nitrogens with zero attached hydrogens (tertiary/aromatic N) is 2. The minimum absolute atomic E-state index is 0.0267. The first-order valence-electron chi connectivity index (χ1n) is 8.69. The molecule has 1 heterocycles. The summed E-state index contributed by atoms with van der Waals surface area (Å²) in [5, 5.41) is 2.90. The molecular weight excluding hydrogens is 306 g/mol. The predicted octanol–water partition coefficient (Wildman–Crippen LogP) is 1.58. The summed E-state index contributed by atoms with van der Waals surface area (Å²) in [6, 6.07) is 7.38. The largest absolute Gasteiger partial charge is 0.494 e. The number of hydrogen-bond acceptors (Lipinski definition) is 4. The average Bonchev–Trinajstić information content (AvgIpc) is 3.42. The second kappa shape index (κ2) is 7.66. The fraction of sp³-hybridized carbons (Fsp3) is 0.556. The second-order valence-corrected chi connectivity index (χ2v) is 6.38. The molecular formula is C18H25N3O3. The van der Waals surface area contributed by atoms with Crippen LogP contribution in [-0.4, -0.2) is 60.9 Å². The first-order valence-corrected chi connectivity index (χ1v) is 8.69. The van der Waals surface area contributed by atoms with E-state index in [0.29, 0.717) is 19.1 Å². The standard InChI is InChI=1S/C18H25N3O3/c1-2-24-16-7-5-15(6-8-16)19-17(22)13-20-9-11-21(12-10-20)18(23)14-3-4-14/h5-8,14H,2-4,9-13H2,1H3,(H,19,22). The van der Waals surface area contributed by atoms with Crippen molar-refractivity contribution in [1.82, 2.24) is 9.80 Å². The summed E-state index contributed by atoms with van der Waals surface area (Å²) in [6.45, 7) is 5.90. The molecule has 2 aliphatic rings. The van der Waals surface area contributed by atoms with E-state index >= 15 is 0 Å². The maximum atomic E-state index is 12.2. The van der Waals surface area contributed by atoms with Crippen molar-refractivity contribution >= 4 is 17.5 Å². The number of ether oxygens (including phenoxy) is 1. The first kappa shape index (κ1) is 16.8. The zero-order valence-electron chi connectivity index (χ0n) is 14.2. The molecule has 2 amide bonds. The Hall–Kier alpha value is -2.08. The van der Waals surface area contributed by atoms with Crippen molar-refractivity contribution in [3.63, 3.8) is 0 Å². The normalized spacial score (nSPS) is 18.3. The summed E-state index contributed by atoms with van der Waals surface area (Å²) in [4.78, 5) is 28.2. The van der Waals surface area contributed by atoms with Gasteiger partial charge in [0.2, 0.25) is 11.8 Å². The van der Waals surface area contributed by atoms with E-state index in [2.05, 4.69) is 10.2 Å². The van der Waals surface area contributed by atoms with Gasteiger partial charge < -0.3 is 15.0 Å². The molecule has 1 saturated carbocycles. The third kappa shape index (κ3) is 4.47.